The molecule has 0 saturated carbocycles. The van der Waals surface area contributed by atoms with Gasteiger partial charge in [-0.3, -0.25) is 14.6 Å². The summed E-state index contributed by atoms with van der Waals surface area (Å²) in [4.78, 5) is 11.9. The quantitative estimate of drug-likeness (QED) is 0.820. The van der Waals surface area contributed by atoms with E-state index in [1.165, 1.54) is 5.69 Å². The highest BCUT2D eigenvalue weighted by Crippen LogP contribution is 2.16. The van der Waals surface area contributed by atoms with Gasteiger partial charge in [0.2, 0.25) is 0 Å². The van der Waals surface area contributed by atoms with Gasteiger partial charge < -0.3 is 0 Å². The third-order valence-electron chi connectivity index (χ3n) is 2.75. The van der Waals surface area contributed by atoms with Crippen LogP contribution in [0.5, 0.6) is 0 Å². The van der Waals surface area contributed by atoms with E-state index in [4.69, 9.17) is 0 Å². The first-order valence-corrected chi connectivity index (χ1v) is 6.29. The topological polar surface area (TPSA) is 37.8 Å². The third kappa shape index (κ3) is 2.77. The van der Waals surface area contributed by atoms with Gasteiger partial charge in [0.1, 0.15) is 0 Å². The summed E-state index contributed by atoms with van der Waals surface area (Å²) < 4.78 is 2.04. The lowest BCUT2D eigenvalue weighted by molar-refractivity contribution is 0.485. The predicted octanol–water partition coefficient (Wildman–Crippen LogP) is 2.91. The van der Waals surface area contributed by atoms with E-state index in [-0.39, 0.29) is 5.56 Å². The summed E-state index contributed by atoms with van der Waals surface area (Å²) in [7, 11) is 0. The summed E-state index contributed by atoms with van der Waals surface area (Å²) in [5.41, 5.74) is 2.30. The van der Waals surface area contributed by atoms with Crippen LogP contribution in [0.15, 0.2) is 4.79 Å². The van der Waals surface area contributed by atoms with Crippen molar-refractivity contribution < 1.29 is 0 Å². The predicted molar refractivity (Wildman–Crippen MR) is 68.0 cm³/mol. The van der Waals surface area contributed by atoms with Gasteiger partial charge in [-0.2, -0.15) is 0 Å². The van der Waals surface area contributed by atoms with E-state index in [0.29, 0.717) is 12.0 Å². The maximum atomic E-state index is 11.9. The van der Waals surface area contributed by atoms with E-state index in [9.17, 15) is 4.79 Å². The fraction of sp³-hybridized carbons (Fsp3) is 0.769. The second kappa shape index (κ2) is 5.37. The molecule has 0 aliphatic carbocycles. The molecule has 92 valence electrons. The smallest absolute Gasteiger partial charge is 0.267 e. The van der Waals surface area contributed by atoms with Crippen LogP contribution in [0.3, 0.4) is 0 Å². The highest BCUT2D eigenvalue weighted by Gasteiger charge is 2.16. The number of aromatic amines is 1. The van der Waals surface area contributed by atoms with Gasteiger partial charge in [0.15, 0.2) is 0 Å². The monoisotopic (exact) mass is 224 g/mol. The van der Waals surface area contributed by atoms with Crippen molar-refractivity contribution in [1.82, 2.24) is 9.78 Å². The summed E-state index contributed by atoms with van der Waals surface area (Å²) in [6, 6.07) is 0.326. The molecule has 1 rings (SSSR count). The van der Waals surface area contributed by atoms with Gasteiger partial charge in [-0.1, -0.05) is 27.2 Å². The Balaban J connectivity index is 3.19. The summed E-state index contributed by atoms with van der Waals surface area (Å²) in [5, 5.41) is 2.96. The molecule has 1 aromatic rings. The first kappa shape index (κ1) is 13.1. The first-order chi connectivity index (χ1) is 7.47. The van der Waals surface area contributed by atoms with Crippen molar-refractivity contribution in [1.29, 1.82) is 0 Å². The maximum absolute atomic E-state index is 11.9. The molecule has 0 aromatic carbocycles. The minimum absolute atomic E-state index is 0.103. The zero-order valence-corrected chi connectivity index (χ0v) is 11.1. The summed E-state index contributed by atoms with van der Waals surface area (Å²) in [5.74, 6) is 0.579. The van der Waals surface area contributed by atoms with Crippen molar-refractivity contribution in [3.8, 4) is 0 Å². The van der Waals surface area contributed by atoms with Crippen LogP contribution < -0.4 is 5.56 Å². The fourth-order valence-corrected chi connectivity index (χ4v) is 2.08. The molecule has 0 aliphatic rings. The second-order valence-electron chi connectivity index (χ2n) is 5.18. The van der Waals surface area contributed by atoms with Gasteiger partial charge in [-0.25, -0.2) is 0 Å². The first-order valence-electron chi connectivity index (χ1n) is 6.29. The van der Waals surface area contributed by atoms with Crippen LogP contribution >= 0.6 is 0 Å². The Labute approximate surface area is 97.8 Å². The minimum atomic E-state index is 0.103. The van der Waals surface area contributed by atoms with Gasteiger partial charge in [-0.05, 0) is 32.6 Å². The number of nitrogens with zero attached hydrogens (tertiary/aromatic N) is 1. The molecule has 0 unspecified atom stereocenters. The van der Waals surface area contributed by atoms with Crippen LogP contribution in [0.1, 0.15) is 58.3 Å². The second-order valence-corrected chi connectivity index (χ2v) is 5.18. The van der Waals surface area contributed by atoms with Crippen molar-refractivity contribution in [3.05, 3.63) is 21.6 Å². The van der Waals surface area contributed by atoms with Crippen LogP contribution in [0.25, 0.3) is 0 Å². The highest BCUT2D eigenvalue weighted by molar-refractivity contribution is 5.19. The van der Waals surface area contributed by atoms with Gasteiger partial charge in [0.05, 0.1) is 0 Å². The molecule has 0 fully saturated rings. The number of rotatable bonds is 5. The molecule has 0 bridgehead atoms. The minimum Gasteiger partial charge on any atom is -0.286 e. The van der Waals surface area contributed by atoms with Crippen LogP contribution in [-0.2, 0) is 12.8 Å². The number of hydrogen-bond donors (Lipinski definition) is 1. The molecule has 0 amide bonds. The van der Waals surface area contributed by atoms with E-state index in [2.05, 4.69) is 39.7 Å². The molecule has 3 heteroatoms. The van der Waals surface area contributed by atoms with Gasteiger partial charge >= 0.3 is 0 Å². The zero-order chi connectivity index (χ0) is 12.3. The Bertz CT molecular complexity index is 385. The van der Waals surface area contributed by atoms with Crippen molar-refractivity contribution in [2.75, 3.05) is 0 Å². The Morgan fingerprint density at radius 1 is 1.25 bits per heavy atom. The standard InChI is InChI=1S/C13H24N2O/c1-6-7-11-12(8-9(2)3)15(10(4)5)14-13(11)16/h9-10H,6-8H2,1-5H3,(H,14,16). The molecular weight excluding hydrogens is 200 g/mol. The number of hydrogen-bond acceptors (Lipinski definition) is 1. The molecular formula is C13H24N2O. The maximum Gasteiger partial charge on any atom is 0.267 e. The number of aromatic nitrogens is 2. The fourth-order valence-electron chi connectivity index (χ4n) is 2.08. The average Bonchev–Trinajstić information content (AvgIpc) is 2.46. The van der Waals surface area contributed by atoms with Crippen LogP contribution in [-0.4, -0.2) is 9.78 Å². The van der Waals surface area contributed by atoms with E-state index in [1.54, 1.807) is 0 Å². The Hall–Kier alpha value is -0.990. The molecule has 3 nitrogen and oxygen atoms in total. The van der Waals surface area contributed by atoms with Crippen LogP contribution in [0, 0.1) is 5.92 Å². The summed E-state index contributed by atoms with van der Waals surface area (Å²) in [6.45, 7) is 10.7. The molecule has 0 spiro atoms. The Kier molecular flexibility index (Phi) is 4.39. The molecule has 0 atom stereocenters. The highest BCUT2D eigenvalue weighted by atomic mass is 16.1. The molecule has 0 radical (unpaired) electrons. The van der Waals surface area contributed by atoms with Gasteiger partial charge in [0.25, 0.3) is 5.56 Å². The van der Waals surface area contributed by atoms with Crippen molar-refractivity contribution in [2.45, 2.75) is 59.9 Å². The van der Waals surface area contributed by atoms with Crippen LogP contribution in [0.2, 0.25) is 0 Å². The van der Waals surface area contributed by atoms with Crippen molar-refractivity contribution >= 4 is 0 Å². The van der Waals surface area contributed by atoms with Crippen molar-refractivity contribution in [3.63, 3.8) is 0 Å². The lowest BCUT2D eigenvalue weighted by Gasteiger charge is -2.14. The van der Waals surface area contributed by atoms with Gasteiger partial charge in [-0.15, -0.1) is 0 Å². The average molecular weight is 224 g/mol. The SMILES string of the molecule is CCCc1c(CC(C)C)n(C(C)C)[nH]c1=O. The third-order valence-corrected chi connectivity index (χ3v) is 2.75. The number of nitrogens with one attached hydrogen (secondary N) is 1. The molecule has 1 N–H and O–H groups in total. The molecule has 0 saturated heterocycles. The van der Waals surface area contributed by atoms with Crippen molar-refractivity contribution in [2.24, 2.45) is 5.92 Å². The molecule has 1 aromatic heterocycles. The van der Waals surface area contributed by atoms with Crippen LogP contribution in [0.4, 0.5) is 0 Å². The molecule has 0 aliphatic heterocycles. The van der Waals surface area contributed by atoms with E-state index >= 15 is 0 Å². The van der Waals surface area contributed by atoms with Gasteiger partial charge in [0, 0.05) is 17.3 Å². The lowest BCUT2D eigenvalue weighted by atomic mass is 10.0. The van der Waals surface area contributed by atoms with E-state index in [1.807, 2.05) is 4.68 Å². The summed E-state index contributed by atoms with van der Waals surface area (Å²) in [6.07, 6.45) is 2.89. The zero-order valence-electron chi connectivity index (χ0n) is 11.1. The van der Waals surface area contributed by atoms with E-state index in [0.717, 1.165) is 24.8 Å². The Morgan fingerprint density at radius 3 is 2.31 bits per heavy atom. The molecule has 16 heavy (non-hydrogen) atoms. The van der Waals surface area contributed by atoms with E-state index < -0.39 is 0 Å². The normalized spacial score (nSPS) is 11.7. The number of H-pyrrole nitrogens is 1. The largest absolute Gasteiger partial charge is 0.286 e. The lowest BCUT2D eigenvalue weighted by Crippen LogP contribution is -2.11. The molecule has 1 heterocycles. The Morgan fingerprint density at radius 2 is 1.88 bits per heavy atom. The summed E-state index contributed by atoms with van der Waals surface area (Å²) >= 11 is 0.